The molecule has 1 saturated carbocycles. The van der Waals surface area contributed by atoms with E-state index in [0.29, 0.717) is 18.4 Å². The van der Waals surface area contributed by atoms with Crippen LogP contribution in [0.2, 0.25) is 0 Å². The Hall–Kier alpha value is -1.69. The van der Waals surface area contributed by atoms with Crippen molar-refractivity contribution in [3.63, 3.8) is 0 Å². The molecule has 6 nitrogen and oxygen atoms in total. The van der Waals surface area contributed by atoms with Crippen LogP contribution in [0.15, 0.2) is 17.0 Å². The summed E-state index contributed by atoms with van der Waals surface area (Å²) in [5.74, 6) is 2.05. The van der Waals surface area contributed by atoms with Gasteiger partial charge in [0, 0.05) is 18.7 Å². The zero-order valence-corrected chi connectivity index (χ0v) is 9.76. The first-order valence-electron chi connectivity index (χ1n) is 5.83. The molecule has 1 aliphatic carbocycles. The van der Waals surface area contributed by atoms with Gasteiger partial charge in [-0.1, -0.05) is 5.16 Å². The van der Waals surface area contributed by atoms with Gasteiger partial charge in [0.15, 0.2) is 5.82 Å². The van der Waals surface area contributed by atoms with Crippen molar-refractivity contribution < 1.29 is 4.52 Å². The molecular weight excluding hydrogens is 218 g/mol. The highest BCUT2D eigenvalue weighted by Gasteiger charge is 2.28. The molecule has 2 aromatic rings. The van der Waals surface area contributed by atoms with Crippen molar-refractivity contribution in [1.29, 1.82) is 0 Å². The summed E-state index contributed by atoms with van der Waals surface area (Å²) in [7, 11) is 1.90. The Labute approximate surface area is 99.0 Å². The van der Waals surface area contributed by atoms with Gasteiger partial charge in [-0.05, 0) is 19.9 Å². The fourth-order valence-electron chi connectivity index (χ4n) is 1.76. The van der Waals surface area contributed by atoms with Crippen LogP contribution in [-0.2, 0) is 13.1 Å². The smallest absolute Gasteiger partial charge is 0.246 e. The van der Waals surface area contributed by atoms with E-state index >= 15 is 0 Å². The number of imidazole rings is 1. The molecule has 0 atom stereocenters. The van der Waals surface area contributed by atoms with Crippen LogP contribution < -0.4 is 5.32 Å². The topological polar surface area (TPSA) is 68.8 Å². The molecule has 1 aliphatic rings. The summed E-state index contributed by atoms with van der Waals surface area (Å²) in [6, 6.07) is 0. The van der Waals surface area contributed by atoms with E-state index in [2.05, 4.69) is 20.4 Å². The highest BCUT2D eigenvalue weighted by molar-refractivity contribution is 5.04. The first-order valence-corrected chi connectivity index (χ1v) is 5.83. The third-order valence-corrected chi connectivity index (χ3v) is 2.79. The first-order chi connectivity index (χ1) is 8.35. The van der Waals surface area contributed by atoms with E-state index in [1.807, 2.05) is 17.8 Å². The van der Waals surface area contributed by atoms with Crippen molar-refractivity contribution in [2.45, 2.75) is 31.8 Å². The molecule has 0 saturated heterocycles. The standard InChI is InChI=1S/C11H15N5O/c1-12-4-9-5-16(7-13-9)6-10-14-11(15-17-10)8-2-3-8/h5,7-8,12H,2-4,6H2,1H3. The Bertz CT molecular complexity index is 499. The summed E-state index contributed by atoms with van der Waals surface area (Å²) in [6.45, 7) is 1.36. The van der Waals surface area contributed by atoms with Crippen LogP contribution in [0.1, 0.15) is 36.2 Å². The van der Waals surface area contributed by atoms with Crippen LogP contribution in [-0.4, -0.2) is 26.7 Å². The van der Waals surface area contributed by atoms with Crippen LogP contribution in [0, 0.1) is 0 Å². The van der Waals surface area contributed by atoms with Crippen LogP contribution in [0.3, 0.4) is 0 Å². The van der Waals surface area contributed by atoms with Gasteiger partial charge in [-0.3, -0.25) is 0 Å². The Morgan fingerprint density at radius 2 is 2.41 bits per heavy atom. The number of hydrogen-bond donors (Lipinski definition) is 1. The van der Waals surface area contributed by atoms with Gasteiger partial charge in [0.05, 0.1) is 12.0 Å². The average Bonchev–Trinajstić information content (AvgIpc) is 2.92. The maximum Gasteiger partial charge on any atom is 0.246 e. The Morgan fingerprint density at radius 1 is 1.53 bits per heavy atom. The van der Waals surface area contributed by atoms with Crippen molar-refractivity contribution in [2.24, 2.45) is 0 Å². The third kappa shape index (κ3) is 2.36. The monoisotopic (exact) mass is 233 g/mol. The number of rotatable bonds is 5. The van der Waals surface area contributed by atoms with E-state index in [-0.39, 0.29) is 0 Å². The molecule has 0 bridgehead atoms. The van der Waals surface area contributed by atoms with E-state index in [4.69, 9.17) is 4.52 Å². The van der Waals surface area contributed by atoms with Crippen LogP contribution in [0.25, 0.3) is 0 Å². The second-order valence-electron chi connectivity index (χ2n) is 4.39. The van der Waals surface area contributed by atoms with Crippen molar-refractivity contribution >= 4 is 0 Å². The average molecular weight is 233 g/mol. The molecule has 6 heteroatoms. The molecule has 3 rings (SSSR count). The fraction of sp³-hybridized carbons (Fsp3) is 0.545. The molecule has 1 N–H and O–H groups in total. The molecule has 0 unspecified atom stereocenters. The van der Waals surface area contributed by atoms with E-state index in [1.54, 1.807) is 6.33 Å². The highest BCUT2D eigenvalue weighted by atomic mass is 16.5. The SMILES string of the molecule is CNCc1cn(Cc2nc(C3CC3)no2)cn1. The molecule has 2 heterocycles. The lowest BCUT2D eigenvalue weighted by atomic mass is 10.4. The molecule has 0 aromatic carbocycles. The van der Waals surface area contributed by atoms with Gasteiger partial charge in [-0.2, -0.15) is 4.98 Å². The number of nitrogens with one attached hydrogen (secondary N) is 1. The summed E-state index contributed by atoms with van der Waals surface area (Å²) in [5, 5.41) is 7.05. The largest absolute Gasteiger partial charge is 0.337 e. The molecule has 1 fully saturated rings. The van der Waals surface area contributed by atoms with Gasteiger partial charge in [0.25, 0.3) is 0 Å². The van der Waals surface area contributed by atoms with E-state index in [9.17, 15) is 0 Å². The van der Waals surface area contributed by atoms with Crippen molar-refractivity contribution in [3.05, 3.63) is 29.9 Å². The quantitative estimate of drug-likeness (QED) is 0.831. The highest BCUT2D eigenvalue weighted by Crippen LogP contribution is 2.38. The van der Waals surface area contributed by atoms with Gasteiger partial charge in [0.2, 0.25) is 5.89 Å². The van der Waals surface area contributed by atoms with Crippen molar-refractivity contribution in [3.8, 4) is 0 Å². The van der Waals surface area contributed by atoms with Gasteiger partial charge < -0.3 is 14.4 Å². The van der Waals surface area contributed by atoms with Crippen molar-refractivity contribution in [2.75, 3.05) is 7.05 Å². The van der Waals surface area contributed by atoms with Gasteiger partial charge in [-0.25, -0.2) is 4.98 Å². The minimum Gasteiger partial charge on any atom is -0.337 e. The first kappa shape index (κ1) is 10.5. The summed E-state index contributed by atoms with van der Waals surface area (Å²) in [5.41, 5.74) is 1.01. The lowest BCUT2D eigenvalue weighted by molar-refractivity contribution is 0.366. The lowest BCUT2D eigenvalue weighted by Crippen LogP contribution is -2.05. The number of aromatic nitrogens is 4. The second-order valence-corrected chi connectivity index (χ2v) is 4.39. The molecule has 0 radical (unpaired) electrons. The minimum absolute atomic E-state index is 0.537. The van der Waals surface area contributed by atoms with E-state index in [1.165, 1.54) is 12.8 Å². The Balaban J connectivity index is 1.67. The summed E-state index contributed by atoms with van der Waals surface area (Å²) in [4.78, 5) is 8.65. The second kappa shape index (κ2) is 4.29. The van der Waals surface area contributed by atoms with E-state index in [0.717, 1.165) is 18.1 Å². The van der Waals surface area contributed by atoms with Crippen LogP contribution in [0.5, 0.6) is 0 Å². The van der Waals surface area contributed by atoms with Crippen LogP contribution >= 0.6 is 0 Å². The molecule has 90 valence electrons. The molecule has 0 amide bonds. The van der Waals surface area contributed by atoms with Gasteiger partial charge in [-0.15, -0.1) is 0 Å². The maximum absolute atomic E-state index is 5.21. The molecular formula is C11H15N5O. The third-order valence-electron chi connectivity index (χ3n) is 2.79. The summed E-state index contributed by atoms with van der Waals surface area (Å²) in [6.07, 6.45) is 6.15. The lowest BCUT2D eigenvalue weighted by Gasteiger charge is -1.95. The normalized spacial score (nSPS) is 15.4. The number of hydrogen-bond acceptors (Lipinski definition) is 5. The molecule has 0 spiro atoms. The number of nitrogens with zero attached hydrogens (tertiary/aromatic N) is 4. The maximum atomic E-state index is 5.21. The summed E-state index contributed by atoms with van der Waals surface area (Å²) >= 11 is 0. The molecule has 2 aromatic heterocycles. The minimum atomic E-state index is 0.537. The predicted molar refractivity (Wildman–Crippen MR) is 60.4 cm³/mol. The Kier molecular flexibility index (Phi) is 2.64. The Morgan fingerprint density at radius 3 is 3.18 bits per heavy atom. The zero-order chi connectivity index (χ0) is 11.7. The predicted octanol–water partition coefficient (Wildman–Crippen LogP) is 0.911. The van der Waals surface area contributed by atoms with Gasteiger partial charge >= 0.3 is 0 Å². The fourth-order valence-corrected chi connectivity index (χ4v) is 1.76. The molecule has 0 aliphatic heterocycles. The zero-order valence-electron chi connectivity index (χ0n) is 9.76. The van der Waals surface area contributed by atoms with E-state index < -0.39 is 0 Å². The van der Waals surface area contributed by atoms with Crippen LogP contribution in [0.4, 0.5) is 0 Å². The van der Waals surface area contributed by atoms with Gasteiger partial charge in [0.1, 0.15) is 6.54 Å². The summed E-state index contributed by atoms with van der Waals surface area (Å²) < 4.78 is 7.17. The molecule has 17 heavy (non-hydrogen) atoms. The van der Waals surface area contributed by atoms with Crippen molar-refractivity contribution in [1.82, 2.24) is 25.0 Å².